The molecule has 1 amide bonds. The van der Waals surface area contributed by atoms with Crippen LogP contribution in [0.2, 0.25) is 0 Å². The Balaban J connectivity index is 2.92. The second-order valence-electron chi connectivity index (χ2n) is 1.74. The Morgan fingerprint density at radius 3 is 3.00 bits per heavy atom. The van der Waals surface area contributed by atoms with Gasteiger partial charge in [0.1, 0.15) is 0 Å². The van der Waals surface area contributed by atoms with E-state index in [-0.39, 0.29) is 5.91 Å². The number of hydrogen-bond donors (Lipinski definition) is 1. The molecule has 0 bridgehead atoms. The summed E-state index contributed by atoms with van der Waals surface area (Å²) in [5.74, 6) is 4.14. The third kappa shape index (κ3) is 7.38. The highest BCUT2D eigenvalue weighted by molar-refractivity contribution is 7.99. The van der Waals surface area contributed by atoms with Crippen molar-refractivity contribution in [3.8, 4) is 12.3 Å². The van der Waals surface area contributed by atoms with E-state index in [1.165, 1.54) is 6.92 Å². The summed E-state index contributed by atoms with van der Waals surface area (Å²) in [5.41, 5.74) is 0. The number of nitrogens with one attached hydrogen (secondary N) is 1. The van der Waals surface area contributed by atoms with Crippen LogP contribution in [0.1, 0.15) is 6.92 Å². The highest BCUT2D eigenvalue weighted by Gasteiger charge is 1.88. The van der Waals surface area contributed by atoms with Crippen LogP contribution in [0.25, 0.3) is 0 Å². The highest BCUT2D eigenvalue weighted by Crippen LogP contribution is 1.94. The lowest BCUT2D eigenvalue weighted by Crippen LogP contribution is -2.22. The number of carbonyl (C=O) groups is 1. The van der Waals surface area contributed by atoms with Crippen molar-refractivity contribution in [2.75, 3.05) is 18.1 Å². The molecule has 0 fully saturated rings. The normalized spacial score (nSPS) is 8.40. The molecule has 56 valence electrons. The molecule has 0 aromatic heterocycles. The Labute approximate surface area is 65.8 Å². The molecule has 0 aliphatic carbocycles. The van der Waals surface area contributed by atoms with E-state index in [2.05, 4.69) is 11.2 Å². The summed E-state index contributed by atoms with van der Waals surface area (Å²) in [5, 5.41) is 2.68. The fraction of sp³-hybridized carbons (Fsp3) is 0.571. The van der Waals surface area contributed by atoms with Crippen molar-refractivity contribution in [2.24, 2.45) is 0 Å². The van der Waals surface area contributed by atoms with Crippen molar-refractivity contribution in [2.45, 2.75) is 6.92 Å². The monoisotopic (exact) mass is 157 g/mol. The van der Waals surface area contributed by atoms with Gasteiger partial charge in [-0.05, 0) is 0 Å². The first kappa shape index (κ1) is 9.38. The summed E-state index contributed by atoms with van der Waals surface area (Å²) >= 11 is 1.64. The Morgan fingerprint density at radius 2 is 2.50 bits per heavy atom. The molecule has 0 rings (SSSR count). The number of carbonyl (C=O) groups excluding carboxylic acids is 1. The van der Waals surface area contributed by atoms with Gasteiger partial charge in [0, 0.05) is 19.2 Å². The SMILES string of the molecule is C#CCSCCNC(C)=O. The van der Waals surface area contributed by atoms with Crippen LogP contribution in [-0.4, -0.2) is 24.0 Å². The number of thioether (sulfide) groups is 1. The lowest BCUT2D eigenvalue weighted by molar-refractivity contribution is -0.118. The maximum Gasteiger partial charge on any atom is 0.216 e. The van der Waals surface area contributed by atoms with Gasteiger partial charge >= 0.3 is 0 Å². The first-order valence-electron chi connectivity index (χ1n) is 3.03. The van der Waals surface area contributed by atoms with E-state index in [9.17, 15) is 4.79 Å². The number of amides is 1. The van der Waals surface area contributed by atoms with Crippen molar-refractivity contribution in [3.63, 3.8) is 0 Å². The predicted molar refractivity (Wildman–Crippen MR) is 44.8 cm³/mol. The minimum Gasteiger partial charge on any atom is -0.356 e. The molecule has 0 heterocycles. The quantitative estimate of drug-likeness (QED) is 0.475. The van der Waals surface area contributed by atoms with Crippen LogP contribution in [0.15, 0.2) is 0 Å². The molecular formula is C7H11NOS. The molecule has 0 unspecified atom stereocenters. The lowest BCUT2D eigenvalue weighted by atomic mass is 10.6. The van der Waals surface area contributed by atoms with Gasteiger partial charge < -0.3 is 5.32 Å². The molecule has 3 heteroatoms. The minimum atomic E-state index is 0.0151. The standard InChI is InChI=1S/C7H11NOS/c1-3-5-10-6-4-8-7(2)9/h1H,4-6H2,2H3,(H,8,9). The Morgan fingerprint density at radius 1 is 1.80 bits per heavy atom. The lowest BCUT2D eigenvalue weighted by Gasteiger charge is -1.98. The van der Waals surface area contributed by atoms with E-state index >= 15 is 0 Å². The molecule has 0 saturated heterocycles. The zero-order chi connectivity index (χ0) is 7.82. The maximum atomic E-state index is 10.3. The summed E-state index contributed by atoms with van der Waals surface area (Å²) in [7, 11) is 0. The molecule has 0 spiro atoms. The highest BCUT2D eigenvalue weighted by atomic mass is 32.2. The molecule has 0 saturated carbocycles. The number of rotatable bonds is 4. The van der Waals surface area contributed by atoms with Gasteiger partial charge in [0.2, 0.25) is 5.91 Å². The predicted octanol–water partition coefficient (Wildman–Crippen LogP) is 0.489. The molecule has 0 aromatic rings. The zero-order valence-electron chi connectivity index (χ0n) is 6.02. The smallest absolute Gasteiger partial charge is 0.216 e. The third-order valence-electron chi connectivity index (χ3n) is 0.806. The van der Waals surface area contributed by atoms with E-state index < -0.39 is 0 Å². The fourth-order valence-corrected chi connectivity index (χ4v) is 0.939. The number of terminal acetylenes is 1. The van der Waals surface area contributed by atoms with Crippen LogP contribution >= 0.6 is 11.8 Å². The van der Waals surface area contributed by atoms with E-state index in [0.717, 1.165) is 11.5 Å². The van der Waals surface area contributed by atoms with Crippen molar-refractivity contribution in [3.05, 3.63) is 0 Å². The Kier molecular flexibility index (Phi) is 6.10. The molecule has 0 aliphatic rings. The molecule has 1 N–H and O–H groups in total. The van der Waals surface area contributed by atoms with Gasteiger partial charge in [-0.25, -0.2) is 0 Å². The summed E-state index contributed by atoms with van der Waals surface area (Å²) in [6.07, 6.45) is 5.01. The first-order chi connectivity index (χ1) is 4.77. The minimum absolute atomic E-state index is 0.0151. The van der Waals surface area contributed by atoms with E-state index in [1.54, 1.807) is 11.8 Å². The van der Waals surface area contributed by atoms with E-state index in [4.69, 9.17) is 6.42 Å². The van der Waals surface area contributed by atoms with E-state index in [0.29, 0.717) is 6.54 Å². The third-order valence-corrected chi connectivity index (χ3v) is 1.67. The maximum absolute atomic E-state index is 10.3. The molecule has 0 radical (unpaired) electrons. The molecular weight excluding hydrogens is 146 g/mol. The summed E-state index contributed by atoms with van der Waals surface area (Å²) < 4.78 is 0. The molecule has 0 aliphatic heterocycles. The van der Waals surface area contributed by atoms with Crippen molar-refractivity contribution in [1.82, 2.24) is 5.32 Å². The van der Waals surface area contributed by atoms with Gasteiger partial charge in [0.25, 0.3) is 0 Å². The van der Waals surface area contributed by atoms with Crippen LogP contribution < -0.4 is 5.32 Å². The first-order valence-corrected chi connectivity index (χ1v) is 4.18. The molecule has 10 heavy (non-hydrogen) atoms. The van der Waals surface area contributed by atoms with Gasteiger partial charge in [-0.3, -0.25) is 4.79 Å². The largest absolute Gasteiger partial charge is 0.356 e. The fourth-order valence-electron chi connectivity index (χ4n) is 0.430. The van der Waals surface area contributed by atoms with Crippen LogP contribution in [0.3, 0.4) is 0 Å². The van der Waals surface area contributed by atoms with Crippen LogP contribution in [0, 0.1) is 12.3 Å². The van der Waals surface area contributed by atoms with Crippen molar-refractivity contribution < 1.29 is 4.79 Å². The van der Waals surface area contributed by atoms with Gasteiger partial charge in [0.15, 0.2) is 0 Å². The average molecular weight is 157 g/mol. The second-order valence-corrected chi connectivity index (χ2v) is 2.84. The Hall–Kier alpha value is -0.620. The van der Waals surface area contributed by atoms with E-state index in [1.807, 2.05) is 0 Å². The Bertz CT molecular complexity index is 139. The van der Waals surface area contributed by atoms with Gasteiger partial charge in [0.05, 0.1) is 5.75 Å². The zero-order valence-corrected chi connectivity index (χ0v) is 6.83. The molecule has 0 atom stereocenters. The van der Waals surface area contributed by atoms with Crippen LogP contribution in [0.4, 0.5) is 0 Å². The van der Waals surface area contributed by atoms with Crippen LogP contribution in [0.5, 0.6) is 0 Å². The summed E-state index contributed by atoms with van der Waals surface area (Å²) in [6, 6.07) is 0. The topological polar surface area (TPSA) is 29.1 Å². The second kappa shape index (κ2) is 6.50. The average Bonchev–Trinajstić information content (AvgIpc) is 1.87. The summed E-state index contributed by atoms with van der Waals surface area (Å²) in [4.78, 5) is 10.3. The van der Waals surface area contributed by atoms with Gasteiger partial charge in [-0.15, -0.1) is 18.2 Å². The molecule has 2 nitrogen and oxygen atoms in total. The van der Waals surface area contributed by atoms with Crippen molar-refractivity contribution >= 4 is 17.7 Å². The van der Waals surface area contributed by atoms with Gasteiger partial charge in [-0.1, -0.05) is 5.92 Å². The van der Waals surface area contributed by atoms with Crippen molar-refractivity contribution in [1.29, 1.82) is 0 Å². The number of hydrogen-bond acceptors (Lipinski definition) is 2. The van der Waals surface area contributed by atoms with Gasteiger partial charge in [-0.2, -0.15) is 0 Å². The van der Waals surface area contributed by atoms with Crippen LogP contribution in [-0.2, 0) is 4.79 Å². The molecule has 0 aromatic carbocycles. The summed E-state index contributed by atoms with van der Waals surface area (Å²) in [6.45, 7) is 2.22.